The van der Waals surface area contributed by atoms with E-state index in [2.05, 4.69) is 25.7 Å². The smallest absolute Gasteiger partial charge is 0.354 e. The van der Waals surface area contributed by atoms with E-state index >= 15 is 0 Å². The molecule has 0 fully saturated rings. The lowest BCUT2D eigenvalue weighted by Gasteiger charge is -2.08. The van der Waals surface area contributed by atoms with Crippen molar-refractivity contribution >= 4 is 17.3 Å². The Labute approximate surface area is 114 Å². The third kappa shape index (κ3) is 2.80. The molecule has 0 unspecified atom stereocenters. The van der Waals surface area contributed by atoms with E-state index in [1.807, 2.05) is 17.8 Å². The molecule has 0 aliphatic rings. The number of nitro groups is 1. The lowest BCUT2D eigenvalue weighted by molar-refractivity contribution is -0.383. The summed E-state index contributed by atoms with van der Waals surface area (Å²) in [7, 11) is 1.88. The molecule has 0 atom stereocenters. The summed E-state index contributed by atoms with van der Waals surface area (Å²) in [6.07, 6.45) is 5.33. The van der Waals surface area contributed by atoms with E-state index in [4.69, 9.17) is 5.84 Å². The Morgan fingerprint density at radius 3 is 2.75 bits per heavy atom. The lowest BCUT2D eigenvalue weighted by Crippen LogP contribution is -2.15. The van der Waals surface area contributed by atoms with Crippen LogP contribution >= 0.6 is 0 Å². The number of imidazole rings is 1. The van der Waals surface area contributed by atoms with Gasteiger partial charge in [-0.15, -0.1) is 0 Å². The van der Waals surface area contributed by atoms with Gasteiger partial charge in [0.2, 0.25) is 11.6 Å². The van der Waals surface area contributed by atoms with Crippen LogP contribution < -0.4 is 16.6 Å². The van der Waals surface area contributed by atoms with Gasteiger partial charge in [-0.25, -0.2) is 20.8 Å². The van der Waals surface area contributed by atoms with Crippen molar-refractivity contribution in [2.75, 3.05) is 17.3 Å². The molecule has 20 heavy (non-hydrogen) atoms. The summed E-state index contributed by atoms with van der Waals surface area (Å²) in [5.74, 6) is 6.14. The highest BCUT2D eigenvalue weighted by Crippen LogP contribution is 2.27. The van der Waals surface area contributed by atoms with Crippen LogP contribution in [0.3, 0.4) is 0 Å². The van der Waals surface area contributed by atoms with E-state index in [1.54, 1.807) is 6.20 Å². The quantitative estimate of drug-likeness (QED) is 0.383. The van der Waals surface area contributed by atoms with Gasteiger partial charge in [0.25, 0.3) is 0 Å². The van der Waals surface area contributed by atoms with Gasteiger partial charge >= 0.3 is 5.69 Å². The minimum atomic E-state index is -0.585. The maximum atomic E-state index is 11.0. The second-order valence-electron chi connectivity index (χ2n) is 3.95. The van der Waals surface area contributed by atoms with Gasteiger partial charge in [0.1, 0.15) is 12.2 Å². The zero-order chi connectivity index (χ0) is 14.5. The van der Waals surface area contributed by atoms with Gasteiger partial charge in [0, 0.05) is 32.4 Å². The number of nitrogens with zero attached hydrogens (tertiary/aromatic N) is 5. The highest BCUT2D eigenvalue weighted by Gasteiger charge is 2.22. The number of hydrogen-bond acceptors (Lipinski definition) is 8. The summed E-state index contributed by atoms with van der Waals surface area (Å²) < 4.78 is 1.88. The lowest BCUT2D eigenvalue weighted by atomic mass is 10.3. The first-order valence-electron chi connectivity index (χ1n) is 5.79. The van der Waals surface area contributed by atoms with Gasteiger partial charge in [-0.05, 0) is 0 Å². The average Bonchev–Trinajstić information content (AvgIpc) is 2.84. The molecular formula is C10H14N8O2. The first-order chi connectivity index (χ1) is 9.63. The number of nitrogens with one attached hydrogen (secondary N) is 2. The van der Waals surface area contributed by atoms with Gasteiger partial charge in [-0.1, -0.05) is 0 Å². The number of aromatic nitrogens is 4. The molecule has 10 nitrogen and oxygen atoms in total. The molecule has 106 valence electrons. The maximum absolute atomic E-state index is 11.0. The molecule has 0 saturated carbocycles. The Bertz CT molecular complexity index is 611. The van der Waals surface area contributed by atoms with Crippen LogP contribution in [0, 0.1) is 10.1 Å². The van der Waals surface area contributed by atoms with Crippen molar-refractivity contribution in [1.82, 2.24) is 19.5 Å². The molecule has 0 aliphatic carbocycles. The van der Waals surface area contributed by atoms with Crippen molar-refractivity contribution in [2.45, 2.75) is 6.42 Å². The molecule has 2 heterocycles. The topological polar surface area (TPSA) is 137 Å². The van der Waals surface area contributed by atoms with Crippen molar-refractivity contribution in [3.8, 4) is 0 Å². The van der Waals surface area contributed by atoms with Crippen molar-refractivity contribution < 1.29 is 4.92 Å². The fourth-order valence-electron chi connectivity index (χ4n) is 1.72. The summed E-state index contributed by atoms with van der Waals surface area (Å²) in [5, 5.41) is 13.9. The Kier molecular flexibility index (Phi) is 4.05. The summed E-state index contributed by atoms with van der Waals surface area (Å²) in [6.45, 7) is 0.451. The molecule has 0 radical (unpaired) electrons. The predicted octanol–water partition coefficient (Wildman–Crippen LogP) is 0.0585. The normalized spacial score (nSPS) is 10.3. The zero-order valence-electron chi connectivity index (χ0n) is 10.8. The second kappa shape index (κ2) is 5.93. The van der Waals surface area contributed by atoms with Gasteiger partial charge in [-0.3, -0.25) is 10.1 Å². The van der Waals surface area contributed by atoms with E-state index < -0.39 is 4.92 Å². The molecule has 2 aromatic heterocycles. The van der Waals surface area contributed by atoms with Crippen LogP contribution in [0.25, 0.3) is 0 Å². The Balaban J connectivity index is 2.09. The van der Waals surface area contributed by atoms with E-state index in [-0.39, 0.29) is 17.3 Å². The highest BCUT2D eigenvalue weighted by molar-refractivity contribution is 5.68. The third-order valence-corrected chi connectivity index (χ3v) is 2.70. The molecule has 0 spiro atoms. The van der Waals surface area contributed by atoms with Crippen LogP contribution in [-0.2, 0) is 13.5 Å². The molecule has 0 saturated heterocycles. The van der Waals surface area contributed by atoms with E-state index in [0.29, 0.717) is 13.0 Å². The predicted molar refractivity (Wildman–Crippen MR) is 71.9 cm³/mol. The van der Waals surface area contributed by atoms with Gasteiger partial charge in [-0.2, -0.15) is 0 Å². The van der Waals surface area contributed by atoms with E-state index in [9.17, 15) is 10.1 Å². The number of nitrogen functional groups attached to an aromatic ring is 1. The number of hydrogen-bond donors (Lipinski definition) is 3. The van der Waals surface area contributed by atoms with Crippen molar-refractivity contribution in [3.63, 3.8) is 0 Å². The fraction of sp³-hybridized carbons (Fsp3) is 0.300. The molecule has 2 aromatic rings. The molecule has 4 N–H and O–H groups in total. The fourth-order valence-corrected chi connectivity index (χ4v) is 1.72. The van der Waals surface area contributed by atoms with Crippen molar-refractivity contribution in [2.24, 2.45) is 12.9 Å². The Morgan fingerprint density at radius 2 is 2.15 bits per heavy atom. The SMILES string of the molecule is Cn1ccnc1CCNc1ncnc(NN)c1[N+](=O)[O-]. The minimum absolute atomic E-state index is 0.0375. The summed E-state index contributed by atoms with van der Waals surface area (Å²) in [4.78, 5) is 22.2. The van der Waals surface area contributed by atoms with Crippen LogP contribution in [0.5, 0.6) is 0 Å². The molecule has 0 bridgehead atoms. The Hall–Kier alpha value is -2.75. The highest BCUT2D eigenvalue weighted by atomic mass is 16.6. The standard InChI is InChI=1S/C10H14N8O2/c1-17-5-4-12-7(17)2-3-13-9-8(18(19)20)10(16-11)15-6-14-9/h4-6H,2-3,11H2,1H3,(H2,13,14,15,16). The molecular weight excluding hydrogens is 264 g/mol. The van der Waals surface area contributed by atoms with Crippen LogP contribution in [0.4, 0.5) is 17.3 Å². The van der Waals surface area contributed by atoms with Gasteiger partial charge in [0.15, 0.2) is 0 Å². The van der Waals surface area contributed by atoms with E-state index in [0.717, 1.165) is 5.82 Å². The first kappa shape index (κ1) is 13.7. The summed E-state index contributed by atoms with van der Waals surface area (Å²) in [6, 6.07) is 0. The first-order valence-corrected chi connectivity index (χ1v) is 5.79. The number of hydrazine groups is 1. The monoisotopic (exact) mass is 278 g/mol. The Morgan fingerprint density at radius 1 is 1.40 bits per heavy atom. The number of aryl methyl sites for hydroxylation is 1. The number of rotatable bonds is 6. The van der Waals surface area contributed by atoms with Crippen LogP contribution in [0.15, 0.2) is 18.7 Å². The van der Waals surface area contributed by atoms with Gasteiger partial charge < -0.3 is 15.3 Å². The zero-order valence-corrected chi connectivity index (χ0v) is 10.8. The number of nitrogens with two attached hydrogens (primary N) is 1. The van der Waals surface area contributed by atoms with E-state index in [1.165, 1.54) is 6.33 Å². The summed E-state index contributed by atoms with van der Waals surface area (Å²) in [5.41, 5.74) is 1.90. The van der Waals surface area contributed by atoms with Crippen LogP contribution in [0.1, 0.15) is 5.82 Å². The second-order valence-corrected chi connectivity index (χ2v) is 3.95. The van der Waals surface area contributed by atoms with Crippen LogP contribution in [-0.4, -0.2) is 31.0 Å². The molecule has 10 heteroatoms. The van der Waals surface area contributed by atoms with Crippen molar-refractivity contribution in [1.29, 1.82) is 0 Å². The maximum Gasteiger partial charge on any atom is 0.354 e. The third-order valence-electron chi connectivity index (χ3n) is 2.70. The largest absolute Gasteiger partial charge is 0.364 e. The molecule has 0 aliphatic heterocycles. The van der Waals surface area contributed by atoms with Crippen LogP contribution in [0.2, 0.25) is 0 Å². The molecule has 2 rings (SSSR count). The summed E-state index contributed by atoms with van der Waals surface area (Å²) >= 11 is 0. The average molecular weight is 278 g/mol. The molecule has 0 aromatic carbocycles. The minimum Gasteiger partial charge on any atom is -0.364 e. The number of anilines is 2. The molecule has 0 amide bonds. The van der Waals surface area contributed by atoms with Gasteiger partial charge in [0.05, 0.1) is 4.92 Å². The van der Waals surface area contributed by atoms with Crippen molar-refractivity contribution in [3.05, 3.63) is 34.7 Å².